The minimum atomic E-state index is -0.432. The highest BCUT2D eigenvalue weighted by atomic mass is 35.5. The zero-order valence-corrected chi connectivity index (χ0v) is 15.2. The average Bonchev–Trinajstić information content (AvgIpc) is 2.48. The standard InChI is InChI=1S/C19H25ClFNO2/c1-11-4-6-14-17(8-11)24-18(10-19(14,3)22-12(2)23)13-5-7-15(20)16(21)9-13/h5,7,9,11,14,17-18H,4,6,8,10H2,1-3H3,(H,22,23)/t11-,14-,17-,18-,19-/m1/s1. The zero-order chi connectivity index (χ0) is 17.5. The predicted octanol–water partition coefficient (Wildman–Crippen LogP) is 4.64. The molecule has 1 aromatic carbocycles. The van der Waals surface area contributed by atoms with E-state index < -0.39 is 5.82 Å². The lowest BCUT2D eigenvalue weighted by Gasteiger charge is -2.52. The number of nitrogens with one attached hydrogen (secondary N) is 1. The van der Waals surface area contributed by atoms with Gasteiger partial charge in [0.15, 0.2) is 0 Å². The first-order chi connectivity index (χ1) is 11.3. The molecule has 5 atom stereocenters. The van der Waals surface area contributed by atoms with Gasteiger partial charge in [-0.25, -0.2) is 4.39 Å². The molecular formula is C19H25ClFNO2. The van der Waals surface area contributed by atoms with Crippen molar-refractivity contribution in [2.45, 2.75) is 64.2 Å². The molecule has 1 amide bonds. The van der Waals surface area contributed by atoms with Crippen LogP contribution >= 0.6 is 11.6 Å². The third-order valence-electron chi connectivity index (χ3n) is 5.60. The number of fused-ring (bicyclic) bond motifs is 1. The number of carbonyl (C=O) groups excluding carboxylic acids is 1. The summed E-state index contributed by atoms with van der Waals surface area (Å²) in [6.07, 6.45) is 3.67. The Morgan fingerprint density at radius 3 is 2.83 bits per heavy atom. The molecule has 0 radical (unpaired) electrons. The van der Waals surface area contributed by atoms with Crippen LogP contribution in [0.3, 0.4) is 0 Å². The SMILES string of the molecule is CC(=O)N[C@]1(C)C[C@H](c2ccc(Cl)c(F)c2)O[C@@H]2C[C@H](C)CC[C@H]21. The molecule has 5 heteroatoms. The first kappa shape index (κ1) is 17.7. The normalized spacial score (nSPS) is 36.0. The first-order valence-electron chi connectivity index (χ1n) is 8.67. The summed E-state index contributed by atoms with van der Waals surface area (Å²) in [5.74, 6) is 0.440. The van der Waals surface area contributed by atoms with Crippen molar-refractivity contribution in [3.63, 3.8) is 0 Å². The maximum atomic E-state index is 13.9. The maximum Gasteiger partial charge on any atom is 0.217 e. The molecule has 0 bridgehead atoms. The van der Waals surface area contributed by atoms with Crippen molar-refractivity contribution in [1.82, 2.24) is 5.32 Å². The first-order valence-corrected chi connectivity index (χ1v) is 9.05. The van der Waals surface area contributed by atoms with Gasteiger partial charge in [-0.05, 0) is 43.4 Å². The van der Waals surface area contributed by atoms with E-state index in [1.54, 1.807) is 13.0 Å². The quantitative estimate of drug-likeness (QED) is 0.841. The van der Waals surface area contributed by atoms with Crippen LogP contribution in [-0.2, 0) is 9.53 Å². The number of hydrogen-bond acceptors (Lipinski definition) is 2. The van der Waals surface area contributed by atoms with Gasteiger partial charge >= 0.3 is 0 Å². The second-order valence-corrected chi connectivity index (χ2v) is 8.07. The van der Waals surface area contributed by atoms with Gasteiger partial charge in [0.2, 0.25) is 5.91 Å². The third-order valence-corrected chi connectivity index (χ3v) is 5.90. The Morgan fingerprint density at radius 2 is 2.17 bits per heavy atom. The van der Waals surface area contributed by atoms with Crippen LogP contribution in [0.2, 0.25) is 5.02 Å². The van der Waals surface area contributed by atoms with Crippen molar-refractivity contribution in [2.75, 3.05) is 0 Å². The van der Waals surface area contributed by atoms with E-state index in [0.717, 1.165) is 24.8 Å². The molecule has 1 aromatic rings. The zero-order valence-electron chi connectivity index (χ0n) is 14.4. The smallest absolute Gasteiger partial charge is 0.217 e. The number of carbonyl (C=O) groups is 1. The molecule has 0 unspecified atom stereocenters. The van der Waals surface area contributed by atoms with Gasteiger partial charge < -0.3 is 10.1 Å². The number of ether oxygens (including phenoxy) is 1. The molecular weight excluding hydrogens is 329 g/mol. The topological polar surface area (TPSA) is 38.3 Å². The van der Waals surface area contributed by atoms with Crippen molar-refractivity contribution in [1.29, 1.82) is 0 Å². The molecule has 0 spiro atoms. The van der Waals surface area contributed by atoms with E-state index in [1.165, 1.54) is 6.07 Å². The van der Waals surface area contributed by atoms with Crippen LogP contribution in [0.4, 0.5) is 4.39 Å². The highest BCUT2D eigenvalue weighted by molar-refractivity contribution is 6.30. The van der Waals surface area contributed by atoms with Crippen LogP contribution in [-0.4, -0.2) is 17.6 Å². The van der Waals surface area contributed by atoms with Crippen molar-refractivity contribution in [2.24, 2.45) is 11.8 Å². The Labute approximate surface area is 147 Å². The molecule has 3 rings (SSSR count). The van der Waals surface area contributed by atoms with Gasteiger partial charge in [0.05, 0.1) is 17.2 Å². The molecule has 1 aliphatic carbocycles. The molecule has 3 nitrogen and oxygen atoms in total. The van der Waals surface area contributed by atoms with Crippen molar-refractivity contribution in [3.8, 4) is 0 Å². The molecule has 132 valence electrons. The van der Waals surface area contributed by atoms with E-state index in [0.29, 0.717) is 18.3 Å². The Morgan fingerprint density at radius 1 is 1.42 bits per heavy atom. The molecule has 1 saturated carbocycles. The monoisotopic (exact) mass is 353 g/mol. The third kappa shape index (κ3) is 3.45. The van der Waals surface area contributed by atoms with Gasteiger partial charge in [0.25, 0.3) is 0 Å². The van der Waals surface area contributed by atoms with Crippen molar-refractivity contribution < 1.29 is 13.9 Å². The molecule has 1 saturated heterocycles. The van der Waals surface area contributed by atoms with Gasteiger partial charge in [0, 0.05) is 24.8 Å². The lowest BCUT2D eigenvalue weighted by Crippen LogP contribution is -2.60. The Kier molecular flexibility index (Phi) is 4.89. The number of halogens is 2. The summed E-state index contributed by atoms with van der Waals surface area (Å²) in [5.41, 5.74) is 0.445. The summed E-state index contributed by atoms with van der Waals surface area (Å²) in [4.78, 5) is 11.8. The summed E-state index contributed by atoms with van der Waals surface area (Å²) < 4.78 is 20.2. The van der Waals surface area contributed by atoms with Crippen LogP contribution in [0, 0.1) is 17.7 Å². The van der Waals surface area contributed by atoms with Crippen LogP contribution in [0.25, 0.3) is 0 Å². The van der Waals surface area contributed by atoms with E-state index in [2.05, 4.69) is 19.2 Å². The second kappa shape index (κ2) is 6.64. The van der Waals surface area contributed by atoms with E-state index in [-0.39, 0.29) is 28.7 Å². The maximum absolute atomic E-state index is 13.9. The minimum Gasteiger partial charge on any atom is -0.370 e. The van der Waals surface area contributed by atoms with Gasteiger partial charge in [0.1, 0.15) is 5.82 Å². The van der Waals surface area contributed by atoms with E-state index in [4.69, 9.17) is 16.3 Å². The highest BCUT2D eigenvalue weighted by Gasteiger charge is 2.49. The fourth-order valence-corrected chi connectivity index (χ4v) is 4.58. The van der Waals surface area contributed by atoms with Gasteiger partial charge in [-0.1, -0.05) is 31.0 Å². The largest absolute Gasteiger partial charge is 0.370 e. The summed E-state index contributed by atoms with van der Waals surface area (Å²) in [6, 6.07) is 4.84. The highest BCUT2D eigenvalue weighted by Crippen LogP contribution is 2.48. The second-order valence-electron chi connectivity index (χ2n) is 7.66. The van der Waals surface area contributed by atoms with Crippen molar-refractivity contribution in [3.05, 3.63) is 34.6 Å². The summed E-state index contributed by atoms with van der Waals surface area (Å²) >= 11 is 5.80. The molecule has 24 heavy (non-hydrogen) atoms. The summed E-state index contributed by atoms with van der Waals surface area (Å²) in [6.45, 7) is 5.89. The number of hydrogen-bond donors (Lipinski definition) is 1. The fraction of sp³-hybridized carbons (Fsp3) is 0.632. The number of benzene rings is 1. The summed E-state index contributed by atoms with van der Waals surface area (Å²) in [5, 5.41) is 3.27. The Hall–Kier alpha value is -1.13. The number of amides is 1. The molecule has 1 heterocycles. The van der Waals surface area contributed by atoms with Crippen LogP contribution in [0.1, 0.15) is 58.1 Å². The number of rotatable bonds is 2. The van der Waals surface area contributed by atoms with E-state index >= 15 is 0 Å². The average molecular weight is 354 g/mol. The van der Waals surface area contributed by atoms with Crippen LogP contribution in [0.15, 0.2) is 18.2 Å². The van der Waals surface area contributed by atoms with E-state index in [1.807, 2.05) is 6.07 Å². The fourth-order valence-electron chi connectivity index (χ4n) is 4.46. The van der Waals surface area contributed by atoms with Crippen LogP contribution < -0.4 is 5.32 Å². The molecule has 1 aliphatic heterocycles. The molecule has 2 aliphatic rings. The van der Waals surface area contributed by atoms with E-state index in [9.17, 15) is 9.18 Å². The minimum absolute atomic E-state index is 0.0298. The molecule has 0 aromatic heterocycles. The summed E-state index contributed by atoms with van der Waals surface area (Å²) in [7, 11) is 0. The van der Waals surface area contributed by atoms with Crippen LogP contribution in [0.5, 0.6) is 0 Å². The van der Waals surface area contributed by atoms with Gasteiger partial charge in [-0.2, -0.15) is 0 Å². The lowest BCUT2D eigenvalue weighted by molar-refractivity contribution is -0.153. The van der Waals surface area contributed by atoms with Crippen molar-refractivity contribution >= 4 is 17.5 Å². The predicted molar refractivity (Wildman–Crippen MR) is 92.4 cm³/mol. The lowest BCUT2D eigenvalue weighted by atomic mass is 9.66. The Balaban J connectivity index is 1.91. The van der Waals surface area contributed by atoms with Gasteiger partial charge in [-0.15, -0.1) is 0 Å². The molecule has 1 N–H and O–H groups in total. The van der Waals surface area contributed by atoms with Gasteiger partial charge in [-0.3, -0.25) is 4.79 Å². The Bertz CT molecular complexity index is 638. The molecule has 2 fully saturated rings.